The van der Waals surface area contributed by atoms with Crippen LogP contribution in [0.5, 0.6) is 0 Å². The van der Waals surface area contributed by atoms with Gasteiger partial charge < -0.3 is 10.8 Å². The van der Waals surface area contributed by atoms with E-state index in [1.54, 1.807) is 5.92 Å². The van der Waals surface area contributed by atoms with Crippen LogP contribution in [0.15, 0.2) is 0 Å². The first-order valence-electron chi connectivity index (χ1n) is 7.65. The van der Waals surface area contributed by atoms with Crippen molar-refractivity contribution in [1.29, 1.82) is 0 Å². The number of nitrogens with zero attached hydrogens (tertiary/aromatic N) is 1. The Balaban J connectivity index is 0.000000917. The molecule has 0 amide bonds. The van der Waals surface area contributed by atoms with Crippen molar-refractivity contribution in [2.45, 2.75) is 78.2 Å². The van der Waals surface area contributed by atoms with Crippen LogP contribution in [0.25, 0.3) is 0 Å². The molecule has 0 aromatic heterocycles. The molecular weight excluding hydrogens is 292 g/mol. The molecule has 2 unspecified atom stereocenters. The average Bonchev–Trinajstić information content (AvgIpc) is 2.42. The van der Waals surface area contributed by atoms with Crippen molar-refractivity contribution in [2.24, 2.45) is 5.92 Å². The molecule has 2 fully saturated rings. The second-order valence-electron chi connectivity index (χ2n) is 6.09. The zero-order chi connectivity index (χ0) is 12.9. The smallest absolute Gasteiger partial charge is 0.330 e. The fourth-order valence-electron chi connectivity index (χ4n) is 3.77. The predicted octanol–water partition coefficient (Wildman–Crippen LogP) is 1.68. The quantitative estimate of drug-likeness (QED) is 0.613. The van der Waals surface area contributed by atoms with E-state index in [0.29, 0.717) is 5.54 Å². The van der Waals surface area contributed by atoms with Gasteiger partial charge in [0.05, 0.1) is 0 Å². The predicted molar refractivity (Wildman–Crippen MR) is 77.1 cm³/mol. The first-order valence-corrected chi connectivity index (χ1v) is 7.65. The molecule has 2 rings (SSSR count). The molecule has 1 nitrogen and oxygen atoms in total. The Morgan fingerprint density at radius 1 is 1.17 bits per heavy atom. The summed E-state index contributed by atoms with van der Waals surface area (Å²) in [6.45, 7) is 10.0. The van der Waals surface area contributed by atoms with Crippen LogP contribution in [0.4, 0.5) is 0 Å². The molecular formula is C16H32NRb. The summed E-state index contributed by atoms with van der Waals surface area (Å²) in [4.78, 5) is 2.67. The maximum atomic E-state index is 2.67. The van der Waals surface area contributed by atoms with Gasteiger partial charge in [0.2, 0.25) is 0 Å². The third-order valence-electron chi connectivity index (χ3n) is 4.63. The van der Waals surface area contributed by atoms with Crippen molar-refractivity contribution in [2.75, 3.05) is 13.6 Å². The second kappa shape index (κ2) is 9.66. The summed E-state index contributed by atoms with van der Waals surface area (Å²) in [6, 6.07) is 0. The third-order valence-corrected chi connectivity index (χ3v) is 4.63. The average molecular weight is 324 g/mol. The topological polar surface area (TPSA) is 3.24 Å². The van der Waals surface area contributed by atoms with Crippen LogP contribution in [-0.4, -0.2) is 24.0 Å². The monoisotopic (exact) mass is 323 g/mol. The van der Waals surface area contributed by atoms with Gasteiger partial charge in [-0.15, -0.1) is 6.54 Å². The van der Waals surface area contributed by atoms with E-state index in [9.17, 15) is 0 Å². The van der Waals surface area contributed by atoms with Crippen molar-refractivity contribution >= 4 is 0 Å². The molecule has 2 atom stereocenters. The molecule has 1 aliphatic heterocycles. The Labute approximate surface area is 164 Å². The molecule has 1 heterocycles. The molecule has 0 aromatic carbocycles. The summed E-state index contributed by atoms with van der Waals surface area (Å²) in [5.74, 6) is 2.63. The van der Waals surface area contributed by atoms with Crippen molar-refractivity contribution in [3.8, 4) is 0 Å². The minimum Gasteiger partial charge on any atom is -0.330 e. The second-order valence-corrected chi connectivity index (χ2v) is 6.09. The minimum atomic E-state index is 0. The van der Waals surface area contributed by atoms with Gasteiger partial charge in [-0.2, -0.15) is 13.3 Å². The Bertz CT molecular complexity index is 219. The van der Waals surface area contributed by atoms with Crippen LogP contribution in [0.3, 0.4) is 0 Å². The number of rotatable bonds is 0. The first kappa shape index (κ1) is 19.8. The molecule has 102 valence electrons. The van der Waals surface area contributed by atoms with Crippen LogP contribution in [0.1, 0.15) is 72.6 Å². The van der Waals surface area contributed by atoms with Gasteiger partial charge in [0.15, 0.2) is 0 Å². The Morgan fingerprint density at radius 2 is 1.78 bits per heavy atom. The van der Waals surface area contributed by atoms with Gasteiger partial charge in [-0.25, -0.2) is 0 Å². The normalized spacial score (nSPS) is 34.2. The zero-order valence-electron chi connectivity index (χ0n) is 13.7. The Morgan fingerprint density at radius 3 is 2.39 bits per heavy atom. The van der Waals surface area contributed by atoms with Gasteiger partial charge in [-0.1, -0.05) is 40.0 Å². The van der Waals surface area contributed by atoms with E-state index in [1.807, 2.05) is 13.8 Å². The summed E-state index contributed by atoms with van der Waals surface area (Å²) in [7, 11) is 2.35. The largest absolute Gasteiger partial charge is 1.00 e. The van der Waals surface area contributed by atoms with E-state index < -0.39 is 0 Å². The third kappa shape index (κ3) is 5.28. The van der Waals surface area contributed by atoms with E-state index in [1.165, 1.54) is 51.5 Å². The Kier molecular flexibility index (Phi) is 10.6. The van der Waals surface area contributed by atoms with E-state index in [4.69, 9.17) is 0 Å². The molecule has 1 saturated heterocycles. The van der Waals surface area contributed by atoms with Crippen molar-refractivity contribution in [3.05, 3.63) is 5.92 Å². The first-order chi connectivity index (χ1) is 8.12. The fraction of sp³-hybridized carbons (Fsp3) is 0.938. The molecule has 1 aliphatic carbocycles. The molecule has 0 N–H and O–H groups in total. The molecule has 0 radical (unpaired) electrons. The maximum absolute atomic E-state index is 2.67. The van der Waals surface area contributed by atoms with Gasteiger partial charge in [0, 0.05) is 5.54 Å². The van der Waals surface area contributed by atoms with Crippen LogP contribution in [-0.2, 0) is 0 Å². The molecule has 2 aliphatic rings. The van der Waals surface area contributed by atoms with E-state index in [-0.39, 0.29) is 58.2 Å². The van der Waals surface area contributed by atoms with Crippen molar-refractivity contribution in [3.63, 3.8) is 0 Å². The number of likely N-dealkylation sites (tertiary alicyclic amines) is 1. The van der Waals surface area contributed by atoms with Crippen LogP contribution >= 0.6 is 0 Å². The summed E-state index contributed by atoms with van der Waals surface area (Å²) in [5.41, 5.74) is 0.565. The van der Waals surface area contributed by atoms with Gasteiger partial charge in [-0.05, 0) is 32.2 Å². The maximum Gasteiger partial charge on any atom is 1.00 e. The van der Waals surface area contributed by atoms with E-state index in [0.717, 1.165) is 5.92 Å². The molecule has 0 aromatic rings. The van der Waals surface area contributed by atoms with E-state index >= 15 is 0 Å². The molecule has 18 heavy (non-hydrogen) atoms. The molecule has 0 bridgehead atoms. The van der Waals surface area contributed by atoms with Gasteiger partial charge in [0.25, 0.3) is 0 Å². The van der Waals surface area contributed by atoms with Gasteiger partial charge in [0.1, 0.15) is 0 Å². The molecule has 1 saturated carbocycles. The SMILES string of the molecule is CC.C[C-]1CCCC2(CCCC(C)C2)N(C)C1.[Rb+]. The standard InChI is InChI=1S/C14H26N.C2H6.Rb/c1-12-6-4-8-14(10-12)9-5-7-13(2)11-15(14)3;1-2;/h12H,4-11H2,1-3H3;1-2H3;/q-1;;+1. The number of hydrogen-bond donors (Lipinski definition) is 0. The molecule has 1 spiro atoms. The number of hydrogen-bond acceptors (Lipinski definition) is 1. The van der Waals surface area contributed by atoms with Crippen LogP contribution in [0, 0.1) is 11.8 Å². The Hall–Kier alpha value is 1.77. The summed E-state index contributed by atoms with van der Waals surface area (Å²) >= 11 is 0. The van der Waals surface area contributed by atoms with Crippen molar-refractivity contribution in [1.82, 2.24) is 4.90 Å². The van der Waals surface area contributed by atoms with Crippen molar-refractivity contribution < 1.29 is 58.2 Å². The van der Waals surface area contributed by atoms with Crippen LogP contribution < -0.4 is 58.2 Å². The summed E-state index contributed by atoms with van der Waals surface area (Å²) < 4.78 is 0. The van der Waals surface area contributed by atoms with Gasteiger partial charge >= 0.3 is 58.2 Å². The summed E-state index contributed by atoms with van der Waals surface area (Å²) in [5, 5.41) is 0. The fourth-order valence-corrected chi connectivity index (χ4v) is 3.77. The summed E-state index contributed by atoms with van der Waals surface area (Å²) in [6.07, 6.45) is 10.0. The minimum absolute atomic E-state index is 0. The zero-order valence-corrected chi connectivity index (χ0v) is 18.6. The van der Waals surface area contributed by atoms with Crippen LogP contribution in [0.2, 0.25) is 0 Å². The van der Waals surface area contributed by atoms with E-state index in [2.05, 4.69) is 25.8 Å². The molecule has 2 heteroatoms. The van der Waals surface area contributed by atoms with Gasteiger partial charge in [-0.3, -0.25) is 0 Å².